The molecule has 0 radical (unpaired) electrons. The van der Waals surface area contributed by atoms with Crippen LogP contribution in [-0.2, 0) is 0 Å². The van der Waals surface area contributed by atoms with Crippen molar-refractivity contribution in [3.05, 3.63) is 24.5 Å². The lowest BCUT2D eigenvalue weighted by atomic mass is 10.0. The molecule has 1 heterocycles. The number of nitrogens with one attached hydrogen (secondary N) is 1. The summed E-state index contributed by atoms with van der Waals surface area (Å²) in [5, 5.41) is 4.45. The predicted octanol–water partition coefficient (Wildman–Crippen LogP) is 3.45. The molecule has 1 atom stereocenters. The molecule has 0 amide bonds. The van der Waals surface area contributed by atoms with Crippen LogP contribution in [0.1, 0.15) is 33.6 Å². The molecule has 1 unspecified atom stereocenters. The molecule has 1 aromatic heterocycles. The molecule has 1 aromatic carbocycles. The lowest BCUT2D eigenvalue weighted by Gasteiger charge is -2.16. The number of benzene rings is 1. The van der Waals surface area contributed by atoms with Gasteiger partial charge < -0.3 is 11.1 Å². The second-order valence-corrected chi connectivity index (χ2v) is 5.52. The van der Waals surface area contributed by atoms with E-state index in [0.717, 1.165) is 34.7 Å². The first-order valence-corrected chi connectivity index (χ1v) is 6.83. The average molecular weight is 258 g/mol. The number of hydrogen-bond acceptors (Lipinski definition) is 4. The molecule has 2 rings (SSSR count). The summed E-state index contributed by atoms with van der Waals surface area (Å²) in [6, 6.07) is 6.10. The Bertz CT molecular complexity index is 551. The summed E-state index contributed by atoms with van der Waals surface area (Å²) in [7, 11) is 0. The van der Waals surface area contributed by atoms with E-state index in [1.807, 2.05) is 18.2 Å². The van der Waals surface area contributed by atoms with Crippen molar-refractivity contribution in [3.63, 3.8) is 0 Å². The molecule has 0 aliphatic rings. The van der Waals surface area contributed by atoms with Gasteiger partial charge >= 0.3 is 0 Å². The molecule has 102 valence electrons. The Balaban J connectivity index is 2.18. The van der Waals surface area contributed by atoms with Crippen LogP contribution in [0.5, 0.6) is 0 Å². The van der Waals surface area contributed by atoms with Crippen LogP contribution in [0, 0.1) is 5.92 Å². The summed E-state index contributed by atoms with van der Waals surface area (Å²) in [5.41, 5.74) is 7.49. The summed E-state index contributed by atoms with van der Waals surface area (Å²) in [6.45, 7) is 6.67. The van der Waals surface area contributed by atoms with Crippen molar-refractivity contribution in [2.75, 3.05) is 11.1 Å². The van der Waals surface area contributed by atoms with Gasteiger partial charge in [0, 0.05) is 17.1 Å². The van der Waals surface area contributed by atoms with E-state index in [0.29, 0.717) is 6.04 Å². The Hall–Kier alpha value is -1.84. The molecule has 0 fully saturated rings. The summed E-state index contributed by atoms with van der Waals surface area (Å²) >= 11 is 0. The maximum atomic E-state index is 5.84. The largest absolute Gasteiger partial charge is 0.399 e. The van der Waals surface area contributed by atoms with Gasteiger partial charge in [0.25, 0.3) is 0 Å². The van der Waals surface area contributed by atoms with Gasteiger partial charge in [-0.3, -0.25) is 0 Å². The van der Waals surface area contributed by atoms with Crippen molar-refractivity contribution in [2.45, 2.75) is 39.7 Å². The minimum Gasteiger partial charge on any atom is -0.399 e. The molecule has 0 spiro atoms. The zero-order chi connectivity index (χ0) is 13.8. The third kappa shape index (κ3) is 3.56. The number of rotatable bonds is 5. The topological polar surface area (TPSA) is 63.8 Å². The van der Waals surface area contributed by atoms with Gasteiger partial charge in [0.1, 0.15) is 12.1 Å². The van der Waals surface area contributed by atoms with Gasteiger partial charge in [-0.15, -0.1) is 0 Å². The van der Waals surface area contributed by atoms with Crippen LogP contribution in [0.3, 0.4) is 0 Å². The molecular formula is C15H22N4. The van der Waals surface area contributed by atoms with Crippen molar-refractivity contribution in [1.29, 1.82) is 0 Å². The second-order valence-electron chi connectivity index (χ2n) is 5.52. The van der Waals surface area contributed by atoms with E-state index >= 15 is 0 Å². The first-order chi connectivity index (χ1) is 9.06. The second kappa shape index (κ2) is 5.87. The number of aromatic nitrogens is 2. The van der Waals surface area contributed by atoms with Gasteiger partial charge in [0.05, 0.1) is 5.52 Å². The van der Waals surface area contributed by atoms with E-state index in [1.54, 1.807) is 6.33 Å². The number of nitrogen functional groups attached to an aromatic ring is 1. The first-order valence-electron chi connectivity index (χ1n) is 6.83. The number of nitrogens with zero attached hydrogens (tertiary/aromatic N) is 2. The van der Waals surface area contributed by atoms with Crippen molar-refractivity contribution in [1.82, 2.24) is 9.97 Å². The van der Waals surface area contributed by atoms with Crippen molar-refractivity contribution in [2.24, 2.45) is 5.92 Å². The third-order valence-corrected chi connectivity index (χ3v) is 3.22. The molecule has 0 saturated heterocycles. The van der Waals surface area contributed by atoms with Crippen LogP contribution in [0.15, 0.2) is 24.5 Å². The van der Waals surface area contributed by atoms with E-state index in [-0.39, 0.29) is 0 Å². The first kappa shape index (κ1) is 13.6. The van der Waals surface area contributed by atoms with Crippen LogP contribution in [0.25, 0.3) is 10.9 Å². The Morgan fingerprint density at radius 2 is 1.95 bits per heavy atom. The van der Waals surface area contributed by atoms with Crippen LogP contribution in [0.2, 0.25) is 0 Å². The molecule has 4 heteroatoms. The van der Waals surface area contributed by atoms with Gasteiger partial charge in [-0.1, -0.05) is 13.8 Å². The van der Waals surface area contributed by atoms with E-state index in [9.17, 15) is 0 Å². The zero-order valence-electron chi connectivity index (χ0n) is 11.9. The van der Waals surface area contributed by atoms with Gasteiger partial charge in [0.15, 0.2) is 0 Å². The fraction of sp³-hybridized carbons (Fsp3) is 0.467. The zero-order valence-corrected chi connectivity index (χ0v) is 11.9. The normalized spacial score (nSPS) is 12.8. The third-order valence-electron chi connectivity index (χ3n) is 3.22. The SMILES string of the molecule is CC(C)CCC(C)Nc1ncnc2ccc(N)cc12. The summed E-state index contributed by atoms with van der Waals surface area (Å²) in [6.07, 6.45) is 3.93. The number of fused-ring (bicyclic) bond motifs is 1. The molecule has 4 nitrogen and oxygen atoms in total. The Labute approximate surface area is 114 Å². The molecule has 3 N–H and O–H groups in total. The summed E-state index contributed by atoms with van der Waals surface area (Å²) < 4.78 is 0. The molecule has 0 saturated carbocycles. The summed E-state index contributed by atoms with van der Waals surface area (Å²) in [4.78, 5) is 8.60. The lowest BCUT2D eigenvalue weighted by Crippen LogP contribution is -2.17. The van der Waals surface area contributed by atoms with Crippen molar-refractivity contribution < 1.29 is 0 Å². The van der Waals surface area contributed by atoms with Gasteiger partial charge in [-0.2, -0.15) is 0 Å². The van der Waals surface area contributed by atoms with Crippen LogP contribution >= 0.6 is 0 Å². The highest BCUT2D eigenvalue weighted by molar-refractivity contribution is 5.91. The van der Waals surface area contributed by atoms with Gasteiger partial charge in [0.2, 0.25) is 0 Å². The lowest BCUT2D eigenvalue weighted by molar-refractivity contribution is 0.527. The standard InChI is InChI=1S/C15H22N4/c1-10(2)4-5-11(3)19-15-13-8-12(16)6-7-14(13)17-9-18-15/h6-11H,4-5,16H2,1-3H3,(H,17,18,19). The molecule has 0 aliphatic carbocycles. The molecule has 19 heavy (non-hydrogen) atoms. The summed E-state index contributed by atoms with van der Waals surface area (Å²) in [5.74, 6) is 1.59. The van der Waals surface area contributed by atoms with Gasteiger partial charge in [-0.05, 0) is 43.9 Å². The number of hydrogen-bond donors (Lipinski definition) is 2. The highest BCUT2D eigenvalue weighted by Gasteiger charge is 2.08. The molecule has 0 aliphatic heterocycles. The maximum Gasteiger partial charge on any atom is 0.137 e. The monoisotopic (exact) mass is 258 g/mol. The fourth-order valence-electron chi connectivity index (χ4n) is 2.08. The van der Waals surface area contributed by atoms with E-state index in [2.05, 4.69) is 36.1 Å². The van der Waals surface area contributed by atoms with E-state index in [4.69, 9.17) is 5.73 Å². The quantitative estimate of drug-likeness (QED) is 0.806. The molecule has 0 bridgehead atoms. The average Bonchev–Trinajstić information content (AvgIpc) is 2.37. The van der Waals surface area contributed by atoms with Gasteiger partial charge in [-0.25, -0.2) is 9.97 Å². The Kier molecular flexibility index (Phi) is 4.20. The van der Waals surface area contributed by atoms with Crippen LogP contribution < -0.4 is 11.1 Å². The van der Waals surface area contributed by atoms with Crippen LogP contribution in [0.4, 0.5) is 11.5 Å². The predicted molar refractivity (Wildman–Crippen MR) is 81.1 cm³/mol. The van der Waals surface area contributed by atoms with Crippen LogP contribution in [-0.4, -0.2) is 16.0 Å². The smallest absolute Gasteiger partial charge is 0.137 e. The molecule has 2 aromatic rings. The maximum absolute atomic E-state index is 5.84. The van der Waals surface area contributed by atoms with E-state index in [1.165, 1.54) is 6.42 Å². The minimum atomic E-state index is 0.391. The molecular weight excluding hydrogens is 236 g/mol. The highest BCUT2D eigenvalue weighted by Crippen LogP contribution is 2.22. The van der Waals surface area contributed by atoms with Crippen molar-refractivity contribution >= 4 is 22.4 Å². The Morgan fingerprint density at radius 3 is 2.68 bits per heavy atom. The Morgan fingerprint density at radius 1 is 1.16 bits per heavy atom. The number of anilines is 2. The fourth-order valence-corrected chi connectivity index (χ4v) is 2.08. The highest BCUT2D eigenvalue weighted by atomic mass is 15.0. The van der Waals surface area contributed by atoms with E-state index < -0.39 is 0 Å². The minimum absolute atomic E-state index is 0.391. The number of nitrogens with two attached hydrogens (primary N) is 1. The van der Waals surface area contributed by atoms with Crippen molar-refractivity contribution in [3.8, 4) is 0 Å².